The second-order valence-electron chi connectivity index (χ2n) is 5.38. The summed E-state index contributed by atoms with van der Waals surface area (Å²) in [6, 6.07) is 6.25. The molecule has 0 saturated heterocycles. The summed E-state index contributed by atoms with van der Waals surface area (Å²) in [6.45, 7) is 0.104. The fourth-order valence-corrected chi connectivity index (χ4v) is 3.88. The molecule has 1 aliphatic carbocycles. The van der Waals surface area contributed by atoms with E-state index in [1.165, 1.54) is 37.7 Å². The van der Waals surface area contributed by atoms with Crippen molar-refractivity contribution in [3.63, 3.8) is 0 Å². The second-order valence-corrected chi connectivity index (χ2v) is 6.67. The Hall–Kier alpha value is -1.11. The van der Waals surface area contributed by atoms with E-state index >= 15 is 0 Å². The predicted molar refractivity (Wildman–Crippen MR) is 89.7 cm³/mol. The minimum atomic E-state index is 0.104. The lowest BCUT2D eigenvalue weighted by atomic mass is 10.0. The van der Waals surface area contributed by atoms with E-state index in [0.717, 1.165) is 22.3 Å². The first kappa shape index (κ1) is 16.3. The van der Waals surface area contributed by atoms with Crippen LogP contribution in [0.1, 0.15) is 49.7 Å². The zero-order valence-electron chi connectivity index (χ0n) is 12.7. The van der Waals surface area contributed by atoms with Gasteiger partial charge in [-0.3, -0.25) is 0 Å². The van der Waals surface area contributed by atoms with Crippen molar-refractivity contribution in [3.8, 4) is 17.6 Å². The highest BCUT2D eigenvalue weighted by atomic mass is 32.2. The maximum atomic E-state index is 8.82. The molecule has 0 atom stereocenters. The second kappa shape index (κ2) is 9.02. The molecule has 0 radical (unpaired) electrons. The van der Waals surface area contributed by atoms with Crippen molar-refractivity contribution in [2.45, 2.75) is 49.5 Å². The molecule has 1 aromatic carbocycles. The number of hydrogen-bond donors (Lipinski definition) is 1. The van der Waals surface area contributed by atoms with Crippen LogP contribution in [0.5, 0.6) is 5.75 Å². The maximum Gasteiger partial charge on any atom is 0.134 e. The summed E-state index contributed by atoms with van der Waals surface area (Å²) in [6.07, 6.45) is 7.42. The lowest BCUT2D eigenvalue weighted by Gasteiger charge is -2.21. The summed E-state index contributed by atoms with van der Waals surface area (Å²) >= 11 is 2.07. The van der Waals surface area contributed by atoms with E-state index in [2.05, 4.69) is 35.7 Å². The Morgan fingerprint density at radius 3 is 2.81 bits per heavy atom. The number of benzene rings is 1. The largest absolute Gasteiger partial charge is 0.495 e. The van der Waals surface area contributed by atoms with Crippen LogP contribution in [0, 0.1) is 11.8 Å². The van der Waals surface area contributed by atoms with Gasteiger partial charge >= 0.3 is 0 Å². The van der Waals surface area contributed by atoms with Gasteiger partial charge in [0, 0.05) is 17.4 Å². The van der Waals surface area contributed by atoms with Crippen molar-refractivity contribution in [1.82, 2.24) is 0 Å². The fraction of sp³-hybridized carbons (Fsp3) is 0.556. The van der Waals surface area contributed by atoms with Crippen molar-refractivity contribution in [3.05, 3.63) is 29.3 Å². The molecule has 1 saturated carbocycles. The Bertz CT molecular complexity index is 496. The third-order valence-electron chi connectivity index (χ3n) is 3.76. The Morgan fingerprint density at radius 1 is 1.29 bits per heavy atom. The van der Waals surface area contributed by atoms with Crippen molar-refractivity contribution in [2.24, 2.45) is 0 Å². The number of ether oxygens (including phenoxy) is 1. The van der Waals surface area contributed by atoms with Gasteiger partial charge in [-0.15, -0.1) is 0 Å². The lowest BCUT2D eigenvalue weighted by Crippen LogP contribution is -2.08. The molecule has 3 heteroatoms. The number of hydrogen-bond acceptors (Lipinski definition) is 3. The van der Waals surface area contributed by atoms with Crippen LogP contribution in [0.15, 0.2) is 18.2 Å². The highest BCUT2D eigenvalue weighted by Crippen LogP contribution is 2.31. The molecule has 2 nitrogen and oxygen atoms in total. The highest BCUT2D eigenvalue weighted by molar-refractivity contribution is 7.99. The molecule has 0 unspecified atom stereocenters. The monoisotopic (exact) mass is 304 g/mol. The van der Waals surface area contributed by atoms with Crippen LogP contribution in [0.3, 0.4) is 0 Å². The maximum absolute atomic E-state index is 8.82. The number of aliphatic hydroxyl groups is 1. The summed E-state index contributed by atoms with van der Waals surface area (Å²) in [5.74, 6) is 7.93. The van der Waals surface area contributed by atoms with Crippen molar-refractivity contribution < 1.29 is 9.84 Å². The van der Waals surface area contributed by atoms with Gasteiger partial charge < -0.3 is 9.84 Å². The van der Waals surface area contributed by atoms with Crippen LogP contribution in [0.4, 0.5) is 0 Å². The summed E-state index contributed by atoms with van der Waals surface area (Å²) in [5, 5.41) is 9.64. The number of rotatable bonds is 5. The SMILES string of the molecule is COc1ccc(CSC2CCCCC2)cc1C#CCCO. The summed E-state index contributed by atoms with van der Waals surface area (Å²) < 4.78 is 5.35. The summed E-state index contributed by atoms with van der Waals surface area (Å²) in [7, 11) is 1.67. The molecule has 0 amide bonds. The molecule has 2 rings (SSSR count). The smallest absolute Gasteiger partial charge is 0.134 e. The van der Waals surface area contributed by atoms with Gasteiger partial charge in [0.15, 0.2) is 0 Å². The molecular formula is C18H24O2S. The zero-order chi connectivity index (χ0) is 14.9. The van der Waals surface area contributed by atoms with E-state index in [1.807, 2.05) is 6.07 Å². The van der Waals surface area contributed by atoms with Crippen LogP contribution < -0.4 is 4.74 Å². The van der Waals surface area contributed by atoms with Gasteiger partial charge in [-0.05, 0) is 30.5 Å². The van der Waals surface area contributed by atoms with E-state index in [0.29, 0.717) is 6.42 Å². The molecule has 21 heavy (non-hydrogen) atoms. The third kappa shape index (κ3) is 5.30. The van der Waals surface area contributed by atoms with Gasteiger partial charge in [-0.1, -0.05) is 37.2 Å². The average molecular weight is 304 g/mol. The number of methoxy groups -OCH3 is 1. The quantitative estimate of drug-likeness (QED) is 0.834. The molecule has 1 N–H and O–H groups in total. The highest BCUT2D eigenvalue weighted by Gasteiger charge is 2.13. The molecule has 0 bridgehead atoms. The van der Waals surface area contributed by atoms with Gasteiger partial charge in [0.25, 0.3) is 0 Å². The van der Waals surface area contributed by atoms with Gasteiger partial charge in [0.1, 0.15) is 5.75 Å². The Kier molecular flexibility index (Phi) is 6.99. The van der Waals surface area contributed by atoms with Crippen molar-refractivity contribution in [1.29, 1.82) is 0 Å². The van der Waals surface area contributed by atoms with E-state index in [4.69, 9.17) is 9.84 Å². The van der Waals surface area contributed by atoms with Crippen LogP contribution in [-0.4, -0.2) is 24.1 Å². The van der Waals surface area contributed by atoms with Gasteiger partial charge in [0.05, 0.1) is 19.3 Å². The minimum Gasteiger partial charge on any atom is -0.495 e. The molecule has 0 aromatic heterocycles. The van der Waals surface area contributed by atoms with E-state index in [-0.39, 0.29) is 6.61 Å². The third-order valence-corrected chi connectivity index (χ3v) is 5.20. The number of thioether (sulfide) groups is 1. The normalized spacial score (nSPS) is 15.3. The molecule has 0 aliphatic heterocycles. The molecule has 1 aliphatic rings. The molecule has 114 valence electrons. The molecule has 0 spiro atoms. The van der Waals surface area contributed by atoms with Crippen LogP contribution in [0.25, 0.3) is 0 Å². The van der Waals surface area contributed by atoms with Crippen molar-refractivity contribution in [2.75, 3.05) is 13.7 Å². The summed E-state index contributed by atoms with van der Waals surface area (Å²) in [5.41, 5.74) is 2.23. The van der Waals surface area contributed by atoms with E-state index in [1.54, 1.807) is 7.11 Å². The topological polar surface area (TPSA) is 29.5 Å². The minimum absolute atomic E-state index is 0.104. The Labute approximate surface area is 132 Å². The first-order chi connectivity index (χ1) is 10.3. The summed E-state index contributed by atoms with van der Waals surface area (Å²) in [4.78, 5) is 0. The van der Waals surface area contributed by atoms with Crippen LogP contribution >= 0.6 is 11.8 Å². The van der Waals surface area contributed by atoms with E-state index < -0.39 is 0 Å². The van der Waals surface area contributed by atoms with Gasteiger partial charge in [0.2, 0.25) is 0 Å². The van der Waals surface area contributed by atoms with Crippen molar-refractivity contribution >= 4 is 11.8 Å². The Balaban J connectivity index is 1.99. The average Bonchev–Trinajstić information content (AvgIpc) is 2.54. The predicted octanol–water partition coefficient (Wildman–Crippen LogP) is 4.00. The molecular weight excluding hydrogens is 280 g/mol. The van der Waals surface area contributed by atoms with E-state index in [9.17, 15) is 0 Å². The Morgan fingerprint density at radius 2 is 2.10 bits per heavy atom. The first-order valence-corrected chi connectivity index (χ1v) is 8.76. The lowest BCUT2D eigenvalue weighted by molar-refractivity contribution is 0.305. The first-order valence-electron chi connectivity index (χ1n) is 7.71. The number of aliphatic hydroxyl groups excluding tert-OH is 1. The van der Waals surface area contributed by atoms with Gasteiger partial charge in [-0.25, -0.2) is 0 Å². The van der Waals surface area contributed by atoms with Crippen LogP contribution in [0.2, 0.25) is 0 Å². The molecule has 1 fully saturated rings. The van der Waals surface area contributed by atoms with Gasteiger partial charge in [-0.2, -0.15) is 11.8 Å². The zero-order valence-corrected chi connectivity index (χ0v) is 13.5. The standard InChI is InChI=1S/C18H24O2S/c1-20-18-11-10-15(13-16(18)7-5-6-12-19)14-21-17-8-3-2-4-9-17/h10-11,13,17,19H,2-4,6,8-9,12,14H2,1H3. The molecule has 0 heterocycles. The van der Waals surface area contributed by atoms with Crippen LogP contribution in [-0.2, 0) is 5.75 Å². The molecule has 1 aromatic rings. The fourth-order valence-electron chi connectivity index (χ4n) is 2.60.